The molecule has 1 aliphatic carbocycles. The second kappa shape index (κ2) is 10.9. The average molecular weight is 569 g/mol. The monoisotopic (exact) mass is 568 g/mol. The molecule has 7 aromatic rings. The van der Waals surface area contributed by atoms with Crippen molar-refractivity contribution >= 4 is 43.1 Å². The van der Waals surface area contributed by atoms with Crippen LogP contribution in [0.1, 0.15) is 69.9 Å². The van der Waals surface area contributed by atoms with E-state index in [1.54, 1.807) is 0 Å². The largest absolute Gasteiger partial charge is 0.0654 e. The molecule has 1 atom stereocenters. The molecule has 1 unspecified atom stereocenters. The van der Waals surface area contributed by atoms with Crippen LogP contribution in [0.15, 0.2) is 121 Å². The van der Waals surface area contributed by atoms with Gasteiger partial charge >= 0.3 is 0 Å². The van der Waals surface area contributed by atoms with Crippen molar-refractivity contribution in [3.05, 3.63) is 132 Å². The van der Waals surface area contributed by atoms with Gasteiger partial charge in [0.2, 0.25) is 0 Å². The number of hydrogen-bond donors (Lipinski definition) is 0. The molecular formula is C44H40. The highest BCUT2D eigenvalue weighted by molar-refractivity contribution is 6.23. The summed E-state index contributed by atoms with van der Waals surface area (Å²) >= 11 is 0. The van der Waals surface area contributed by atoms with E-state index < -0.39 is 0 Å². The fraction of sp³-hybridized carbons (Fsp3) is 0.227. The van der Waals surface area contributed by atoms with Crippen LogP contribution >= 0.6 is 0 Å². The third kappa shape index (κ3) is 4.19. The first-order valence-corrected chi connectivity index (χ1v) is 16.7. The number of hydrogen-bond acceptors (Lipinski definition) is 0. The van der Waals surface area contributed by atoms with Crippen molar-refractivity contribution in [3.8, 4) is 22.3 Å². The summed E-state index contributed by atoms with van der Waals surface area (Å²) in [5.41, 5.74) is 8.34. The maximum atomic E-state index is 2.58. The van der Waals surface area contributed by atoms with Crippen molar-refractivity contribution in [2.24, 2.45) is 0 Å². The molecule has 216 valence electrons. The Morgan fingerprint density at radius 2 is 1.02 bits per heavy atom. The minimum absolute atomic E-state index is 0.0117. The molecular weight excluding hydrogens is 528 g/mol. The summed E-state index contributed by atoms with van der Waals surface area (Å²) < 4.78 is 0. The minimum Gasteiger partial charge on any atom is -0.0654 e. The van der Waals surface area contributed by atoms with Gasteiger partial charge in [0.25, 0.3) is 0 Å². The van der Waals surface area contributed by atoms with Crippen LogP contribution in [-0.4, -0.2) is 0 Å². The van der Waals surface area contributed by atoms with E-state index in [0.29, 0.717) is 0 Å². The molecule has 0 nitrogen and oxygen atoms in total. The second-order valence-electron chi connectivity index (χ2n) is 13.1. The topological polar surface area (TPSA) is 0 Å². The first kappa shape index (κ1) is 27.2. The van der Waals surface area contributed by atoms with Crippen molar-refractivity contribution in [2.45, 2.75) is 64.2 Å². The van der Waals surface area contributed by atoms with E-state index in [1.165, 1.54) is 121 Å². The standard InChI is InChI=1S/C44H40/c1-3-4-5-6-7-15-27-44(2)38-24-16-19-31-25-26-32-28-33(29-39(44)43(32)42(31)38)41-36-22-13-11-20-34(36)40(30-17-9-8-10-18-30)35-21-12-14-23-37(35)41/h8-14,16-26,28-29H,3-7,15,27H2,1-2H3. The fourth-order valence-corrected chi connectivity index (χ4v) is 8.31. The van der Waals surface area contributed by atoms with Crippen molar-refractivity contribution in [1.29, 1.82) is 0 Å². The smallest absolute Gasteiger partial charge is 0.0187 e. The molecule has 0 aliphatic heterocycles. The predicted octanol–water partition coefficient (Wildman–Crippen LogP) is 13.0. The molecule has 0 heteroatoms. The second-order valence-corrected chi connectivity index (χ2v) is 13.1. The summed E-state index contributed by atoms with van der Waals surface area (Å²) in [6.45, 7) is 4.83. The Balaban J connectivity index is 1.37. The van der Waals surface area contributed by atoms with Gasteiger partial charge in [-0.25, -0.2) is 0 Å². The van der Waals surface area contributed by atoms with Crippen LogP contribution in [0.2, 0.25) is 0 Å². The highest BCUT2D eigenvalue weighted by Crippen LogP contribution is 2.53. The van der Waals surface area contributed by atoms with Gasteiger partial charge in [-0.05, 0) is 95.0 Å². The Morgan fingerprint density at radius 1 is 0.455 bits per heavy atom. The number of unbranched alkanes of at least 4 members (excludes halogenated alkanes) is 5. The van der Waals surface area contributed by atoms with Gasteiger partial charge in [0.15, 0.2) is 0 Å². The zero-order valence-electron chi connectivity index (χ0n) is 26.0. The van der Waals surface area contributed by atoms with E-state index in [4.69, 9.17) is 0 Å². The summed E-state index contributed by atoms with van der Waals surface area (Å²) in [7, 11) is 0. The lowest BCUT2D eigenvalue weighted by Crippen LogP contribution is -2.21. The van der Waals surface area contributed by atoms with E-state index in [1.807, 2.05) is 0 Å². The lowest BCUT2D eigenvalue weighted by molar-refractivity contribution is 0.482. The molecule has 44 heavy (non-hydrogen) atoms. The summed E-state index contributed by atoms with van der Waals surface area (Å²) in [4.78, 5) is 0. The zero-order valence-corrected chi connectivity index (χ0v) is 26.0. The molecule has 8 rings (SSSR count). The summed E-state index contributed by atoms with van der Waals surface area (Å²) in [6, 6.07) is 45.8. The molecule has 0 heterocycles. The van der Waals surface area contributed by atoms with Gasteiger partial charge in [-0.3, -0.25) is 0 Å². The van der Waals surface area contributed by atoms with Gasteiger partial charge in [0, 0.05) is 5.41 Å². The van der Waals surface area contributed by atoms with E-state index in [0.717, 1.165) is 0 Å². The molecule has 0 radical (unpaired) electrons. The Hall–Kier alpha value is -4.42. The third-order valence-electron chi connectivity index (χ3n) is 10.5. The molecule has 0 aromatic heterocycles. The van der Waals surface area contributed by atoms with Gasteiger partial charge in [0.05, 0.1) is 0 Å². The summed E-state index contributed by atoms with van der Waals surface area (Å²) in [5.74, 6) is 0. The van der Waals surface area contributed by atoms with Crippen molar-refractivity contribution in [3.63, 3.8) is 0 Å². The van der Waals surface area contributed by atoms with E-state index >= 15 is 0 Å². The molecule has 0 saturated heterocycles. The lowest BCUT2D eigenvalue weighted by Gasteiger charge is -2.29. The molecule has 0 saturated carbocycles. The van der Waals surface area contributed by atoms with Crippen molar-refractivity contribution in [1.82, 2.24) is 0 Å². The molecule has 7 aromatic carbocycles. The normalized spacial score (nSPS) is 15.8. The van der Waals surface area contributed by atoms with Gasteiger partial charge < -0.3 is 0 Å². The summed E-state index contributed by atoms with van der Waals surface area (Å²) in [6.07, 6.45) is 9.16. The zero-order chi connectivity index (χ0) is 29.7. The van der Waals surface area contributed by atoms with Crippen molar-refractivity contribution in [2.75, 3.05) is 0 Å². The van der Waals surface area contributed by atoms with Crippen molar-refractivity contribution < 1.29 is 0 Å². The summed E-state index contributed by atoms with van der Waals surface area (Å²) in [5, 5.41) is 11.0. The van der Waals surface area contributed by atoms with Crippen LogP contribution in [0, 0.1) is 0 Å². The molecule has 0 spiro atoms. The predicted molar refractivity (Wildman–Crippen MR) is 192 cm³/mol. The van der Waals surface area contributed by atoms with E-state index in [2.05, 4.69) is 135 Å². The highest BCUT2D eigenvalue weighted by atomic mass is 14.4. The number of rotatable bonds is 9. The van der Waals surface area contributed by atoms with Gasteiger partial charge in [-0.2, -0.15) is 0 Å². The Kier molecular flexibility index (Phi) is 6.75. The fourth-order valence-electron chi connectivity index (χ4n) is 8.31. The van der Waals surface area contributed by atoms with Gasteiger partial charge in [-0.1, -0.05) is 162 Å². The van der Waals surface area contributed by atoms with Crippen LogP contribution in [0.4, 0.5) is 0 Å². The molecule has 0 amide bonds. The molecule has 0 fully saturated rings. The van der Waals surface area contributed by atoms with Gasteiger partial charge in [-0.15, -0.1) is 0 Å². The quantitative estimate of drug-likeness (QED) is 0.0923. The molecule has 0 bridgehead atoms. The third-order valence-corrected chi connectivity index (χ3v) is 10.5. The molecule has 1 aliphatic rings. The highest BCUT2D eigenvalue weighted by Gasteiger charge is 2.38. The van der Waals surface area contributed by atoms with E-state index in [9.17, 15) is 0 Å². The van der Waals surface area contributed by atoms with Crippen LogP contribution in [0.25, 0.3) is 65.3 Å². The maximum absolute atomic E-state index is 2.58. The lowest BCUT2D eigenvalue weighted by atomic mass is 9.74. The van der Waals surface area contributed by atoms with Crippen LogP contribution in [0.5, 0.6) is 0 Å². The maximum Gasteiger partial charge on any atom is 0.0187 e. The minimum atomic E-state index is 0.0117. The molecule has 0 N–H and O–H groups in total. The first-order chi connectivity index (χ1) is 21.7. The number of benzene rings is 7. The Morgan fingerprint density at radius 3 is 1.70 bits per heavy atom. The van der Waals surface area contributed by atoms with Crippen LogP contribution in [0.3, 0.4) is 0 Å². The SMILES string of the molecule is CCCCCCCCC1(C)c2cccc3ccc4cc(-c5c6ccccc6c(-c6ccccc6)c6ccccc56)cc1c4c23. The Labute approximate surface area is 261 Å². The average Bonchev–Trinajstić information content (AvgIpc) is 3.33. The Bertz CT molecular complexity index is 2110. The first-order valence-electron chi connectivity index (χ1n) is 16.7. The van der Waals surface area contributed by atoms with Crippen LogP contribution in [-0.2, 0) is 5.41 Å². The van der Waals surface area contributed by atoms with E-state index in [-0.39, 0.29) is 5.41 Å². The number of fused-ring (bicyclic) bond motifs is 2. The van der Waals surface area contributed by atoms with Gasteiger partial charge in [0.1, 0.15) is 0 Å². The van der Waals surface area contributed by atoms with Crippen LogP contribution < -0.4 is 0 Å².